The van der Waals surface area contributed by atoms with Gasteiger partial charge in [-0.3, -0.25) is 4.18 Å². The normalized spacial score (nSPS) is 12.7. The average Bonchev–Trinajstić information content (AvgIpc) is 0.864. The summed E-state index contributed by atoms with van der Waals surface area (Å²) in [5.41, 5.74) is 6.34. The van der Waals surface area contributed by atoms with E-state index < -0.39 is 51.9 Å². The average molecular weight is 1760 g/mol. The molecular formula is C98H104O28S. The minimum Gasteiger partial charge on any atom is -0.497 e. The van der Waals surface area contributed by atoms with Gasteiger partial charge < -0.3 is 75.8 Å². The lowest BCUT2D eigenvalue weighted by Gasteiger charge is -2.23. The number of esters is 9. The lowest BCUT2D eigenvalue weighted by Crippen LogP contribution is -2.24. The summed E-state index contributed by atoms with van der Waals surface area (Å²) in [6.45, 7) is 14.1. The molecule has 2 atom stereocenters. The molecule has 2 heterocycles. The third-order valence-electron chi connectivity index (χ3n) is 17.3. The van der Waals surface area contributed by atoms with Gasteiger partial charge in [-0.15, -0.1) is 5.92 Å². The van der Waals surface area contributed by atoms with E-state index in [2.05, 4.69) is 60.5 Å². The largest absolute Gasteiger partial charge is 0.497 e. The number of hydrogen-bond acceptors (Lipinski definition) is 28. The summed E-state index contributed by atoms with van der Waals surface area (Å²) < 4.78 is 106. The van der Waals surface area contributed by atoms with Crippen molar-refractivity contribution in [3.05, 3.63) is 304 Å². The van der Waals surface area contributed by atoms with Gasteiger partial charge in [-0.1, -0.05) is 41.3 Å². The Morgan fingerprint density at radius 1 is 0.323 bits per heavy atom. The Morgan fingerprint density at radius 3 is 0.732 bits per heavy atom. The molecule has 2 fully saturated rings. The van der Waals surface area contributed by atoms with E-state index in [0.717, 1.165) is 69.6 Å². The first-order valence-electron chi connectivity index (χ1n) is 39.7. The fraction of sp³-hybridized carbons (Fsp3) is 0.276. The summed E-state index contributed by atoms with van der Waals surface area (Å²) in [5, 5.41) is 0. The van der Waals surface area contributed by atoms with E-state index in [4.69, 9.17) is 52.1 Å². The maximum absolute atomic E-state index is 12.5. The smallest absolute Gasteiger partial charge is 0.343 e. The van der Waals surface area contributed by atoms with Gasteiger partial charge in [-0.25, -0.2) is 43.2 Å². The molecule has 10 aromatic rings. The fourth-order valence-electron chi connectivity index (χ4n) is 10.6. The van der Waals surface area contributed by atoms with Crippen LogP contribution in [0.3, 0.4) is 0 Å². The lowest BCUT2D eigenvalue weighted by molar-refractivity contribution is -0.106. The van der Waals surface area contributed by atoms with Crippen LogP contribution in [0.4, 0.5) is 0 Å². The van der Waals surface area contributed by atoms with Crippen LogP contribution in [-0.2, 0) is 47.5 Å². The highest BCUT2D eigenvalue weighted by molar-refractivity contribution is 7.85. The molecule has 10 aromatic carbocycles. The Kier molecular flexibility index (Phi) is 43.0. The monoisotopic (exact) mass is 1760 g/mol. The fourth-order valence-corrected chi connectivity index (χ4v) is 10.6. The van der Waals surface area contributed by atoms with Crippen LogP contribution in [0.5, 0.6) is 51.7 Å². The SMILES string of the molecule is CC#CC(C)(C)C.COC(=O)c1ccc(C)cc1.COC(=O)c1ccc(OC(=O)c2ccc(C)cc2)cc1.COC(=O)c1ccc(OC(=O)c2ccc(OC3CCCCO3)cc2)cc1.COC(=O)c1ccc(OC2CCCCO2)cc1.COC(=O)c1ccc(OCCOc2ccc(C(=O)Oc3ccc(OC(=O)c4ccc(OC)cc4)cc3)cc2)cc1.COS(C)(=O)=O. The molecule has 29 heteroatoms. The van der Waals surface area contributed by atoms with Crippen molar-refractivity contribution in [1.29, 1.82) is 0 Å². The van der Waals surface area contributed by atoms with Gasteiger partial charge in [0.15, 0.2) is 12.6 Å². The Labute approximate surface area is 739 Å². The molecule has 0 bridgehead atoms. The molecule has 2 aliphatic rings. The predicted octanol–water partition coefficient (Wildman–Crippen LogP) is 17.8. The zero-order chi connectivity index (χ0) is 92.7. The van der Waals surface area contributed by atoms with Gasteiger partial charge in [0.1, 0.15) is 65.0 Å². The Hall–Kier alpha value is -14.2. The molecule has 0 aromatic heterocycles. The number of benzene rings is 10. The summed E-state index contributed by atoms with van der Waals surface area (Å²) in [4.78, 5) is 105. The minimum atomic E-state index is -3.16. The van der Waals surface area contributed by atoms with Crippen molar-refractivity contribution in [3.8, 4) is 63.6 Å². The number of methoxy groups -OCH3 is 6. The number of rotatable bonds is 24. The van der Waals surface area contributed by atoms with Crippen molar-refractivity contribution in [3.63, 3.8) is 0 Å². The molecule has 127 heavy (non-hydrogen) atoms. The first kappa shape index (κ1) is 102. The van der Waals surface area contributed by atoms with Crippen LogP contribution in [0.2, 0.25) is 0 Å². The summed E-state index contributed by atoms with van der Waals surface area (Å²) in [5.74, 6) is 6.47. The molecule has 0 radical (unpaired) electrons. The topological polar surface area (TPSA) is 345 Å². The van der Waals surface area contributed by atoms with Crippen LogP contribution in [-0.4, -0.2) is 157 Å². The first-order valence-corrected chi connectivity index (χ1v) is 41.5. The summed E-state index contributed by atoms with van der Waals surface area (Å²) >= 11 is 0. The van der Waals surface area contributed by atoms with Crippen molar-refractivity contribution >= 4 is 63.8 Å². The quantitative estimate of drug-likeness (QED) is 0.0135. The number of aryl methyl sites for hydroxylation is 2. The van der Waals surface area contributed by atoms with Crippen LogP contribution < -0.4 is 42.6 Å². The standard InChI is InChI=1S/C31H26O9.C20H20O6.C16H14O4.C13H16O4.C9H10O2.C7H12.C2H6O3S/c1-35-24-9-3-22(4-10-24)30(33)39-27-15-17-28(18-16-27)40-31(34)23-7-13-26(14-8-23)38-20-19-37-25-11-5-21(6-12-25)29(32)36-2;1-23-19(21)14-5-11-17(12-6-14)26-20(22)15-7-9-16(10-8-15)25-18-4-2-3-13-24-18;1-11-3-5-13(6-4-11)16(18)20-14-9-7-12(8-10-14)15(17)19-2;1-15-13(14)10-5-7-11(8-6-10)17-12-4-2-3-9-16-12;1-7-3-5-8(6-4-7)9(10)11-2;1-5-6-7(2,3)4;1-5-6(2,3)4/h3-18H,19-20H2,1-2H3;5-12,18H,2-4,13H2,1H3;3-10H,1-2H3;5-8,12H,2-4,9H2,1H3;3-6H,1-2H3;1-4H3;1-2H3. The zero-order valence-corrected chi connectivity index (χ0v) is 74.0. The van der Waals surface area contributed by atoms with Gasteiger partial charge in [-0.2, -0.15) is 8.42 Å². The Morgan fingerprint density at radius 2 is 0.535 bits per heavy atom. The zero-order valence-electron chi connectivity index (χ0n) is 73.2. The van der Waals surface area contributed by atoms with Gasteiger partial charge in [0, 0.05) is 18.3 Å². The van der Waals surface area contributed by atoms with E-state index >= 15 is 0 Å². The van der Waals surface area contributed by atoms with Crippen LogP contribution in [0, 0.1) is 31.1 Å². The van der Waals surface area contributed by atoms with Crippen LogP contribution in [0.25, 0.3) is 0 Å². The molecule has 12 rings (SSSR count). The Balaban J connectivity index is 0.000000248. The first-order chi connectivity index (χ1) is 60.8. The summed E-state index contributed by atoms with van der Waals surface area (Å²) in [6.07, 6.45) is 6.76. The third-order valence-corrected chi connectivity index (χ3v) is 17.9. The highest BCUT2D eigenvalue weighted by Gasteiger charge is 2.20. The molecule has 2 saturated heterocycles. The van der Waals surface area contributed by atoms with Crippen molar-refractivity contribution in [1.82, 2.24) is 0 Å². The second-order valence-electron chi connectivity index (χ2n) is 28.1. The maximum atomic E-state index is 12.5. The van der Waals surface area contributed by atoms with Crippen molar-refractivity contribution in [2.24, 2.45) is 5.41 Å². The maximum Gasteiger partial charge on any atom is 0.343 e. The summed E-state index contributed by atoms with van der Waals surface area (Å²) in [6, 6.07) is 66.1. The third kappa shape index (κ3) is 38.2. The second-order valence-corrected chi connectivity index (χ2v) is 29.9. The van der Waals surface area contributed by atoms with E-state index in [1.54, 1.807) is 189 Å². The van der Waals surface area contributed by atoms with Gasteiger partial charge in [0.05, 0.1) is 119 Å². The predicted molar refractivity (Wildman–Crippen MR) is 471 cm³/mol. The number of ether oxygens (including phenoxy) is 16. The molecule has 0 spiro atoms. The Bertz CT molecular complexity index is 5280. The highest BCUT2D eigenvalue weighted by Crippen LogP contribution is 2.27. The number of carbonyl (C=O) groups excluding carboxylic acids is 9. The van der Waals surface area contributed by atoms with Gasteiger partial charge in [-0.05, 0) is 286 Å². The highest BCUT2D eigenvalue weighted by atomic mass is 32.2. The molecular weight excluding hydrogens is 1660 g/mol. The molecule has 2 aliphatic heterocycles. The molecule has 0 amide bonds. The molecule has 670 valence electrons. The molecule has 2 unspecified atom stereocenters. The van der Waals surface area contributed by atoms with Crippen molar-refractivity contribution < 1.29 is 132 Å². The molecule has 0 N–H and O–H groups in total. The van der Waals surface area contributed by atoms with E-state index in [9.17, 15) is 51.6 Å². The minimum absolute atomic E-state index is 0.160. The van der Waals surface area contributed by atoms with E-state index in [-0.39, 0.29) is 43.1 Å². The van der Waals surface area contributed by atoms with Gasteiger partial charge in [0.25, 0.3) is 10.1 Å². The van der Waals surface area contributed by atoms with Crippen molar-refractivity contribution in [2.75, 3.05) is 82.5 Å². The molecule has 28 nitrogen and oxygen atoms in total. The second kappa shape index (κ2) is 53.8. The van der Waals surface area contributed by atoms with E-state index in [0.29, 0.717) is 108 Å². The number of hydrogen-bond donors (Lipinski definition) is 0. The lowest BCUT2D eigenvalue weighted by atomic mass is 9.98. The van der Waals surface area contributed by atoms with E-state index in [1.165, 1.54) is 71.9 Å². The number of carbonyl (C=O) groups is 9. The molecule has 0 aliphatic carbocycles. The van der Waals surface area contributed by atoms with Gasteiger partial charge in [0.2, 0.25) is 0 Å². The van der Waals surface area contributed by atoms with Gasteiger partial charge >= 0.3 is 53.7 Å². The van der Waals surface area contributed by atoms with E-state index in [1.807, 2.05) is 45.0 Å². The van der Waals surface area contributed by atoms with Crippen LogP contribution >= 0.6 is 0 Å². The van der Waals surface area contributed by atoms with Crippen LogP contribution in [0.1, 0.15) is 171 Å². The van der Waals surface area contributed by atoms with Crippen LogP contribution in [0.15, 0.2) is 243 Å². The van der Waals surface area contributed by atoms with Crippen molar-refractivity contribution in [2.45, 2.75) is 92.6 Å². The summed E-state index contributed by atoms with van der Waals surface area (Å²) in [7, 11) is 6.19. The molecule has 0 saturated carbocycles.